The Kier molecular flexibility index (Phi) is 5.53. The van der Waals surface area contributed by atoms with Gasteiger partial charge >= 0.3 is 0 Å². The summed E-state index contributed by atoms with van der Waals surface area (Å²) in [5.74, 6) is 1.68. The van der Waals surface area contributed by atoms with Crippen LogP contribution in [0.15, 0.2) is 47.4 Å². The summed E-state index contributed by atoms with van der Waals surface area (Å²) in [6, 6.07) is 14.5. The zero-order valence-corrected chi connectivity index (χ0v) is 13.7. The second-order valence-corrected chi connectivity index (χ2v) is 5.48. The molecule has 0 spiro atoms. The number of methoxy groups -OCH3 is 2. The third-order valence-corrected chi connectivity index (χ3v) is 4.23. The van der Waals surface area contributed by atoms with E-state index in [1.165, 1.54) is 10.5 Å². The topological polar surface area (TPSA) is 30.5 Å². The molecule has 0 radical (unpaired) electrons. The molecule has 21 heavy (non-hydrogen) atoms. The van der Waals surface area contributed by atoms with Crippen LogP contribution >= 0.6 is 11.8 Å². The molecule has 1 N–H and O–H groups in total. The molecule has 4 heteroatoms. The van der Waals surface area contributed by atoms with Gasteiger partial charge in [0.05, 0.1) is 20.3 Å². The highest BCUT2D eigenvalue weighted by atomic mass is 32.2. The van der Waals surface area contributed by atoms with Crippen LogP contribution in [-0.4, -0.2) is 27.5 Å². The molecule has 2 rings (SSSR count). The summed E-state index contributed by atoms with van der Waals surface area (Å²) in [5.41, 5.74) is 2.26. The number of thioether (sulfide) groups is 1. The van der Waals surface area contributed by atoms with Crippen molar-refractivity contribution >= 4 is 11.8 Å². The number of ether oxygens (including phenoxy) is 2. The summed E-state index contributed by atoms with van der Waals surface area (Å²) in [5, 5.41) is 3.36. The second-order valence-electron chi connectivity index (χ2n) is 4.60. The lowest BCUT2D eigenvalue weighted by atomic mass is 9.97. The normalized spacial score (nSPS) is 12.0. The predicted octanol–water partition coefficient (Wildman–Crippen LogP) is 3.73. The molecule has 0 amide bonds. The van der Waals surface area contributed by atoms with E-state index in [4.69, 9.17) is 9.47 Å². The molecule has 0 bridgehead atoms. The standard InChI is InChI=1S/C17H21NO2S/c1-18-17(12-5-8-14(21-4)9-6-12)15-11-13(19-2)7-10-16(15)20-3/h5-11,17-18H,1-4H3. The number of benzene rings is 2. The fourth-order valence-electron chi connectivity index (χ4n) is 2.36. The van der Waals surface area contributed by atoms with Crippen molar-refractivity contribution in [2.45, 2.75) is 10.9 Å². The van der Waals surface area contributed by atoms with Crippen LogP contribution in [0.3, 0.4) is 0 Å². The van der Waals surface area contributed by atoms with Gasteiger partial charge in [0.2, 0.25) is 0 Å². The lowest BCUT2D eigenvalue weighted by Crippen LogP contribution is -2.18. The molecule has 0 aliphatic rings. The van der Waals surface area contributed by atoms with E-state index < -0.39 is 0 Å². The molecule has 0 aliphatic heterocycles. The molecule has 0 saturated carbocycles. The summed E-state index contributed by atoms with van der Waals surface area (Å²) in [6.07, 6.45) is 2.08. The van der Waals surface area contributed by atoms with Crippen molar-refractivity contribution in [3.8, 4) is 11.5 Å². The van der Waals surface area contributed by atoms with Crippen LogP contribution in [0.25, 0.3) is 0 Å². The molecule has 112 valence electrons. The first-order valence-corrected chi connectivity index (χ1v) is 7.99. The number of nitrogens with one attached hydrogen (secondary N) is 1. The molecular weight excluding hydrogens is 282 g/mol. The fraction of sp³-hybridized carbons (Fsp3) is 0.294. The SMILES string of the molecule is CNC(c1ccc(SC)cc1)c1cc(OC)ccc1OC. The number of hydrogen-bond acceptors (Lipinski definition) is 4. The largest absolute Gasteiger partial charge is 0.497 e. The molecule has 1 atom stereocenters. The van der Waals surface area contributed by atoms with Crippen molar-refractivity contribution in [1.29, 1.82) is 0 Å². The second kappa shape index (κ2) is 7.38. The van der Waals surface area contributed by atoms with E-state index in [0.717, 1.165) is 17.1 Å². The van der Waals surface area contributed by atoms with Crippen LogP contribution in [0.1, 0.15) is 17.2 Å². The van der Waals surface area contributed by atoms with Gasteiger partial charge in [0, 0.05) is 10.5 Å². The van der Waals surface area contributed by atoms with Gasteiger partial charge < -0.3 is 14.8 Å². The van der Waals surface area contributed by atoms with E-state index in [1.54, 1.807) is 26.0 Å². The molecule has 3 nitrogen and oxygen atoms in total. The third-order valence-electron chi connectivity index (χ3n) is 3.49. The molecule has 0 heterocycles. The minimum atomic E-state index is 0.0611. The number of rotatable bonds is 6. The van der Waals surface area contributed by atoms with Crippen LogP contribution in [0, 0.1) is 0 Å². The monoisotopic (exact) mass is 303 g/mol. The Labute approximate surface area is 130 Å². The van der Waals surface area contributed by atoms with E-state index in [-0.39, 0.29) is 6.04 Å². The molecule has 1 unspecified atom stereocenters. The molecule has 2 aromatic rings. The highest BCUT2D eigenvalue weighted by Gasteiger charge is 2.17. The first kappa shape index (κ1) is 15.7. The maximum Gasteiger partial charge on any atom is 0.124 e. The smallest absolute Gasteiger partial charge is 0.124 e. The lowest BCUT2D eigenvalue weighted by molar-refractivity contribution is 0.395. The van der Waals surface area contributed by atoms with Gasteiger partial charge in [0.25, 0.3) is 0 Å². The molecule has 2 aromatic carbocycles. The van der Waals surface area contributed by atoms with E-state index in [1.807, 2.05) is 25.2 Å². The van der Waals surface area contributed by atoms with Crippen LogP contribution in [0.2, 0.25) is 0 Å². The van der Waals surface area contributed by atoms with Crippen molar-refractivity contribution in [3.63, 3.8) is 0 Å². The first-order chi connectivity index (χ1) is 10.2. The van der Waals surface area contributed by atoms with Gasteiger partial charge in [0.1, 0.15) is 11.5 Å². The molecule has 0 fully saturated rings. The minimum absolute atomic E-state index is 0.0611. The van der Waals surface area contributed by atoms with Gasteiger partial charge in [-0.1, -0.05) is 12.1 Å². The highest BCUT2D eigenvalue weighted by molar-refractivity contribution is 7.98. The Balaban J connectivity index is 2.43. The fourth-order valence-corrected chi connectivity index (χ4v) is 2.77. The van der Waals surface area contributed by atoms with Gasteiger partial charge in [-0.05, 0) is 49.2 Å². The minimum Gasteiger partial charge on any atom is -0.497 e. The van der Waals surface area contributed by atoms with Gasteiger partial charge in [-0.3, -0.25) is 0 Å². The van der Waals surface area contributed by atoms with E-state index >= 15 is 0 Å². The first-order valence-electron chi connectivity index (χ1n) is 6.76. The zero-order chi connectivity index (χ0) is 15.2. The molecule has 0 aliphatic carbocycles. The average Bonchev–Trinajstić information content (AvgIpc) is 2.56. The van der Waals surface area contributed by atoms with Crippen LogP contribution in [-0.2, 0) is 0 Å². The third kappa shape index (κ3) is 3.52. The Morgan fingerprint density at radius 3 is 2.24 bits per heavy atom. The Morgan fingerprint density at radius 1 is 1.00 bits per heavy atom. The van der Waals surface area contributed by atoms with Crippen molar-refractivity contribution in [3.05, 3.63) is 53.6 Å². The quantitative estimate of drug-likeness (QED) is 0.824. The summed E-state index contributed by atoms with van der Waals surface area (Å²) >= 11 is 1.74. The maximum absolute atomic E-state index is 5.49. The van der Waals surface area contributed by atoms with Gasteiger partial charge in [-0.25, -0.2) is 0 Å². The van der Waals surface area contributed by atoms with Crippen molar-refractivity contribution in [1.82, 2.24) is 5.32 Å². The van der Waals surface area contributed by atoms with Gasteiger partial charge in [0.15, 0.2) is 0 Å². The Bertz CT molecular complexity index is 584. The lowest BCUT2D eigenvalue weighted by Gasteiger charge is -2.21. The zero-order valence-electron chi connectivity index (χ0n) is 12.8. The Morgan fingerprint density at radius 2 is 1.71 bits per heavy atom. The number of hydrogen-bond donors (Lipinski definition) is 1. The van der Waals surface area contributed by atoms with Crippen LogP contribution in [0.5, 0.6) is 11.5 Å². The van der Waals surface area contributed by atoms with Crippen molar-refractivity contribution in [2.75, 3.05) is 27.5 Å². The van der Waals surface area contributed by atoms with E-state index in [0.29, 0.717) is 0 Å². The summed E-state index contributed by atoms with van der Waals surface area (Å²) in [4.78, 5) is 1.26. The van der Waals surface area contributed by atoms with Crippen LogP contribution in [0.4, 0.5) is 0 Å². The van der Waals surface area contributed by atoms with Gasteiger partial charge in [-0.2, -0.15) is 0 Å². The van der Waals surface area contributed by atoms with Crippen molar-refractivity contribution < 1.29 is 9.47 Å². The van der Waals surface area contributed by atoms with Crippen LogP contribution < -0.4 is 14.8 Å². The highest BCUT2D eigenvalue weighted by Crippen LogP contribution is 2.33. The van der Waals surface area contributed by atoms with Gasteiger partial charge in [-0.15, -0.1) is 11.8 Å². The maximum atomic E-state index is 5.49. The molecule has 0 aromatic heterocycles. The summed E-state index contributed by atoms with van der Waals surface area (Å²) < 4.78 is 10.8. The summed E-state index contributed by atoms with van der Waals surface area (Å²) in [6.45, 7) is 0. The Hall–Kier alpha value is -1.65. The molecular formula is C17H21NO2S. The van der Waals surface area contributed by atoms with E-state index in [2.05, 4.69) is 35.8 Å². The van der Waals surface area contributed by atoms with Crippen molar-refractivity contribution in [2.24, 2.45) is 0 Å². The van der Waals surface area contributed by atoms with E-state index in [9.17, 15) is 0 Å². The average molecular weight is 303 g/mol. The predicted molar refractivity (Wildman–Crippen MR) is 88.7 cm³/mol. The summed E-state index contributed by atoms with van der Waals surface area (Å²) in [7, 11) is 5.31. The molecule has 0 saturated heterocycles.